The fraction of sp³-hybridized carbons (Fsp3) is 0.217. The van der Waals surface area contributed by atoms with Gasteiger partial charge >= 0.3 is 5.97 Å². The first-order valence-corrected chi connectivity index (χ1v) is 12.5. The summed E-state index contributed by atoms with van der Waals surface area (Å²) in [6, 6.07) is 16.7. The Morgan fingerprint density at radius 1 is 1.06 bits per heavy atom. The number of esters is 1. The van der Waals surface area contributed by atoms with Gasteiger partial charge in [0, 0.05) is 0 Å². The number of thioether (sulfide) groups is 1. The number of hydrogen-bond donors (Lipinski definition) is 0. The molecule has 0 amide bonds. The minimum atomic E-state index is -0.375. The maximum absolute atomic E-state index is 13.6. The van der Waals surface area contributed by atoms with Crippen molar-refractivity contribution < 1.29 is 14.3 Å². The molecule has 0 aliphatic rings. The number of fused-ring (bicyclic) bond motifs is 1. The molecule has 2 aromatic heterocycles. The van der Waals surface area contributed by atoms with Gasteiger partial charge in [0.15, 0.2) is 14.8 Å². The molecule has 0 unspecified atom stereocenters. The predicted octanol–water partition coefficient (Wildman–Crippen LogP) is 5.02. The summed E-state index contributed by atoms with van der Waals surface area (Å²) >= 11 is 7.99. The number of thiazole rings is 1. The smallest absolute Gasteiger partial charge is 0.316 e. The zero-order chi connectivity index (χ0) is 23.4. The van der Waals surface area contributed by atoms with E-state index in [2.05, 4.69) is 0 Å². The number of carbonyl (C=O) groups excluding carboxylic acids is 1. The Balaban J connectivity index is 1.96. The van der Waals surface area contributed by atoms with Gasteiger partial charge in [0.2, 0.25) is 0 Å². The molecule has 10 heteroatoms. The standard InChI is InChI=1S/C23H21N3O4S3/c1-3-29-17-13-9-8-12-16(17)26-20-19(33-23(26)31)21(28)25(15-10-6-5-7-11-15)22(24-20)32-14-18(27)30-4-2/h5-13H,3-4,14H2,1-2H3. The summed E-state index contributed by atoms with van der Waals surface area (Å²) in [4.78, 5) is 30.5. The van der Waals surface area contributed by atoms with Crippen LogP contribution in [0.15, 0.2) is 64.5 Å². The largest absolute Gasteiger partial charge is 0.492 e. The molecule has 0 saturated heterocycles. The second-order valence-electron chi connectivity index (χ2n) is 6.72. The van der Waals surface area contributed by atoms with Gasteiger partial charge in [-0.15, -0.1) is 0 Å². The lowest BCUT2D eigenvalue weighted by Crippen LogP contribution is -2.22. The molecule has 0 N–H and O–H groups in total. The summed E-state index contributed by atoms with van der Waals surface area (Å²) in [7, 11) is 0. The van der Waals surface area contributed by atoms with Crippen molar-refractivity contribution in [3.05, 3.63) is 68.9 Å². The van der Waals surface area contributed by atoms with Crippen molar-refractivity contribution in [3.8, 4) is 17.1 Å². The van der Waals surface area contributed by atoms with Gasteiger partial charge in [-0.05, 0) is 50.3 Å². The molecule has 4 aromatic rings. The molecular weight excluding hydrogens is 478 g/mol. The molecule has 0 radical (unpaired) electrons. The Morgan fingerprint density at radius 2 is 1.79 bits per heavy atom. The van der Waals surface area contributed by atoms with Crippen molar-refractivity contribution in [1.29, 1.82) is 0 Å². The van der Waals surface area contributed by atoms with Crippen molar-refractivity contribution in [2.45, 2.75) is 19.0 Å². The Hall–Kier alpha value is -2.95. The Bertz CT molecular complexity index is 1410. The van der Waals surface area contributed by atoms with Crippen molar-refractivity contribution in [2.24, 2.45) is 0 Å². The fourth-order valence-electron chi connectivity index (χ4n) is 3.30. The minimum absolute atomic E-state index is 0.0268. The third-order valence-corrected chi connectivity index (χ3v) is 6.89. The summed E-state index contributed by atoms with van der Waals surface area (Å²) in [6.07, 6.45) is 0. The van der Waals surface area contributed by atoms with Crippen molar-refractivity contribution in [3.63, 3.8) is 0 Å². The lowest BCUT2D eigenvalue weighted by molar-refractivity contribution is -0.139. The number of carbonyl (C=O) groups is 1. The van der Waals surface area contributed by atoms with E-state index in [9.17, 15) is 9.59 Å². The molecule has 0 saturated carbocycles. The first kappa shape index (κ1) is 23.2. The van der Waals surface area contributed by atoms with E-state index >= 15 is 0 Å². The molecule has 33 heavy (non-hydrogen) atoms. The van der Waals surface area contributed by atoms with Crippen LogP contribution in [0.1, 0.15) is 13.8 Å². The molecule has 7 nitrogen and oxygen atoms in total. The molecule has 170 valence electrons. The van der Waals surface area contributed by atoms with Crippen LogP contribution >= 0.6 is 35.3 Å². The van der Waals surface area contributed by atoms with Crippen molar-refractivity contribution >= 4 is 51.6 Å². The van der Waals surface area contributed by atoms with Gasteiger partial charge in [0.1, 0.15) is 10.4 Å². The molecule has 2 aromatic carbocycles. The van der Waals surface area contributed by atoms with Crippen LogP contribution in [0.25, 0.3) is 21.7 Å². The monoisotopic (exact) mass is 499 g/mol. The van der Waals surface area contributed by atoms with Gasteiger partial charge in [-0.2, -0.15) is 0 Å². The van der Waals surface area contributed by atoms with E-state index in [1.165, 1.54) is 15.9 Å². The number of para-hydroxylation sites is 3. The highest BCUT2D eigenvalue weighted by Crippen LogP contribution is 2.31. The normalized spacial score (nSPS) is 11.0. The van der Waals surface area contributed by atoms with E-state index in [1.807, 2.05) is 61.5 Å². The maximum Gasteiger partial charge on any atom is 0.316 e. The van der Waals surface area contributed by atoms with E-state index in [1.54, 1.807) is 11.5 Å². The summed E-state index contributed by atoms with van der Waals surface area (Å²) in [5, 5.41) is 0.377. The van der Waals surface area contributed by atoms with E-state index in [0.717, 1.165) is 11.8 Å². The first-order chi connectivity index (χ1) is 16.0. The molecule has 0 bridgehead atoms. The van der Waals surface area contributed by atoms with Gasteiger partial charge < -0.3 is 9.47 Å². The summed E-state index contributed by atoms with van der Waals surface area (Å²) in [5.74, 6) is 0.296. The number of nitrogens with zero attached hydrogens (tertiary/aromatic N) is 3. The van der Waals surface area contributed by atoms with E-state index in [0.29, 0.717) is 43.2 Å². The Kier molecular flexibility index (Phi) is 7.26. The lowest BCUT2D eigenvalue weighted by Gasteiger charge is -2.14. The van der Waals surface area contributed by atoms with Gasteiger partial charge in [-0.3, -0.25) is 18.7 Å². The van der Waals surface area contributed by atoms with Crippen LogP contribution in [0.4, 0.5) is 0 Å². The predicted molar refractivity (Wildman–Crippen MR) is 134 cm³/mol. The zero-order valence-corrected chi connectivity index (χ0v) is 20.5. The number of benzene rings is 2. The maximum atomic E-state index is 13.6. The van der Waals surface area contributed by atoms with Crippen LogP contribution in [0, 0.1) is 3.95 Å². The molecule has 0 aliphatic heterocycles. The molecule has 0 fully saturated rings. The number of rotatable bonds is 8. The molecule has 0 aliphatic carbocycles. The summed E-state index contributed by atoms with van der Waals surface area (Å²) in [6.45, 7) is 4.43. The Labute approximate surface area is 203 Å². The van der Waals surface area contributed by atoms with Gasteiger partial charge in [-0.1, -0.05) is 53.4 Å². The average molecular weight is 500 g/mol. The van der Waals surface area contributed by atoms with Crippen LogP contribution < -0.4 is 10.3 Å². The van der Waals surface area contributed by atoms with Crippen LogP contribution in [-0.4, -0.2) is 39.1 Å². The third-order valence-electron chi connectivity index (χ3n) is 4.62. The number of hydrogen-bond acceptors (Lipinski definition) is 8. The van der Waals surface area contributed by atoms with Gasteiger partial charge in [0.25, 0.3) is 5.56 Å². The van der Waals surface area contributed by atoms with Crippen molar-refractivity contribution in [1.82, 2.24) is 14.1 Å². The summed E-state index contributed by atoms with van der Waals surface area (Å²) < 4.78 is 15.0. The van der Waals surface area contributed by atoms with Gasteiger partial charge in [-0.25, -0.2) is 4.98 Å². The lowest BCUT2D eigenvalue weighted by atomic mass is 10.3. The summed E-state index contributed by atoms with van der Waals surface area (Å²) in [5.41, 5.74) is 1.55. The van der Waals surface area contributed by atoms with Crippen LogP contribution in [0.5, 0.6) is 5.75 Å². The SMILES string of the molecule is CCOC(=O)CSc1nc2c(sc(=S)n2-c2ccccc2OCC)c(=O)n1-c1ccccc1. The van der Waals surface area contributed by atoms with Crippen LogP contribution in [0.3, 0.4) is 0 Å². The van der Waals surface area contributed by atoms with E-state index in [4.69, 9.17) is 26.7 Å². The van der Waals surface area contributed by atoms with Gasteiger partial charge in [0.05, 0.1) is 30.3 Å². The molecule has 0 spiro atoms. The highest BCUT2D eigenvalue weighted by Gasteiger charge is 2.21. The highest BCUT2D eigenvalue weighted by atomic mass is 32.2. The molecule has 2 heterocycles. The Morgan fingerprint density at radius 3 is 2.52 bits per heavy atom. The van der Waals surface area contributed by atoms with E-state index in [-0.39, 0.29) is 23.9 Å². The van der Waals surface area contributed by atoms with Crippen LogP contribution in [-0.2, 0) is 9.53 Å². The highest BCUT2D eigenvalue weighted by molar-refractivity contribution is 7.99. The molecule has 0 atom stereocenters. The number of ether oxygens (including phenoxy) is 2. The number of aromatic nitrogens is 3. The molecule has 4 rings (SSSR count). The zero-order valence-electron chi connectivity index (χ0n) is 18.0. The van der Waals surface area contributed by atoms with E-state index < -0.39 is 0 Å². The second-order valence-corrected chi connectivity index (χ2v) is 9.31. The quantitative estimate of drug-likeness (QED) is 0.146. The minimum Gasteiger partial charge on any atom is -0.492 e. The third kappa shape index (κ3) is 4.73. The van der Waals surface area contributed by atoms with Crippen molar-refractivity contribution in [2.75, 3.05) is 19.0 Å². The topological polar surface area (TPSA) is 75.3 Å². The second kappa shape index (κ2) is 10.3. The van der Waals surface area contributed by atoms with Crippen LogP contribution in [0.2, 0.25) is 0 Å². The average Bonchev–Trinajstić information content (AvgIpc) is 3.15. The first-order valence-electron chi connectivity index (χ1n) is 10.3. The molecular formula is C23H21N3O4S3. The fourth-order valence-corrected chi connectivity index (χ4v) is 5.39.